The summed E-state index contributed by atoms with van der Waals surface area (Å²) in [4.78, 5) is 13.8. The van der Waals surface area contributed by atoms with Gasteiger partial charge in [-0.3, -0.25) is 4.79 Å². The summed E-state index contributed by atoms with van der Waals surface area (Å²) in [6, 6.07) is 4.39. The van der Waals surface area contributed by atoms with Gasteiger partial charge in [-0.1, -0.05) is 26.8 Å². The van der Waals surface area contributed by atoms with E-state index in [0.29, 0.717) is 5.92 Å². The lowest BCUT2D eigenvalue weighted by Crippen LogP contribution is -2.51. The second-order valence-electron chi connectivity index (χ2n) is 6.65. The molecule has 0 saturated heterocycles. The molecule has 4 atom stereocenters. The number of hydrogen-bond acceptors (Lipinski definition) is 3. The maximum Gasteiger partial charge on any atom is 0.224 e. The molecule has 3 N–H and O–H groups in total. The van der Waals surface area contributed by atoms with E-state index in [1.54, 1.807) is 11.3 Å². The maximum absolute atomic E-state index is 12.6. The van der Waals surface area contributed by atoms with E-state index in [9.17, 15) is 4.79 Å². The van der Waals surface area contributed by atoms with E-state index in [0.717, 1.165) is 12.8 Å². The van der Waals surface area contributed by atoms with Crippen molar-refractivity contribution in [1.29, 1.82) is 0 Å². The molecule has 1 aromatic heterocycles. The average molecular weight is 294 g/mol. The van der Waals surface area contributed by atoms with Gasteiger partial charge < -0.3 is 11.1 Å². The van der Waals surface area contributed by atoms with Crippen molar-refractivity contribution in [3.05, 3.63) is 22.4 Å². The van der Waals surface area contributed by atoms with Crippen LogP contribution in [0.5, 0.6) is 0 Å². The summed E-state index contributed by atoms with van der Waals surface area (Å²) in [6.45, 7) is 8.58. The molecule has 0 radical (unpaired) electrons. The highest BCUT2D eigenvalue weighted by Gasteiger charge is 2.45. The minimum absolute atomic E-state index is 0.0447. The number of hydrogen-bond donors (Lipinski definition) is 2. The largest absolute Gasteiger partial charge is 0.349 e. The summed E-state index contributed by atoms with van der Waals surface area (Å²) < 4.78 is 0. The molecule has 4 heteroatoms. The summed E-state index contributed by atoms with van der Waals surface area (Å²) in [7, 11) is 0. The first-order chi connectivity index (χ1) is 9.34. The van der Waals surface area contributed by atoms with Crippen molar-refractivity contribution >= 4 is 17.2 Å². The Morgan fingerprint density at radius 3 is 2.80 bits per heavy atom. The Hall–Kier alpha value is -0.870. The van der Waals surface area contributed by atoms with Gasteiger partial charge in [0.2, 0.25) is 5.91 Å². The summed E-state index contributed by atoms with van der Waals surface area (Å²) in [5.41, 5.74) is 6.12. The third-order valence-corrected chi connectivity index (χ3v) is 6.20. The Bertz CT molecular complexity index is 455. The number of thiophene rings is 1. The van der Waals surface area contributed by atoms with Crippen molar-refractivity contribution in [3.63, 3.8) is 0 Å². The summed E-state index contributed by atoms with van der Waals surface area (Å²) in [5, 5.41) is 5.22. The minimum atomic E-state index is -0.0447. The molecule has 3 nitrogen and oxygen atoms in total. The van der Waals surface area contributed by atoms with Gasteiger partial charge in [-0.05, 0) is 42.5 Å². The van der Waals surface area contributed by atoms with Crippen LogP contribution >= 0.6 is 11.3 Å². The predicted molar refractivity (Wildman–Crippen MR) is 84.5 cm³/mol. The van der Waals surface area contributed by atoms with E-state index in [2.05, 4.69) is 39.1 Å². The first kappa shape index (κ1) is 15.5. The van der Waals surface area contributed by atoms with Crippen LogP contribution in [0.3, 0.4) is 0 Å². The lowest BCUT2D eigenvalue weighted by Gasteiger charge is -2.46. The molecular formula is C16H26N2OS. The quantitative estimate of drug-likeness (QED) is 0.898. The van der Waals surface area contributed by atoms with Crippen molar-refractivity contribution in [2.75, 3.05) is 0 Å². The molecule has 20 heavy (non-hydrogen) atoms. The molecule has 1 aliphatic carbocycles. The van der Waals surface area contributed by atoms with Gasteiger partial charge in [0.25, 0.3) is 0 Å². The Labute approximate surface area is 125 Å². The molecule has 2 rings (SSSR count). The van der Waals surface area contributed by atoms with Gasteiger partial charge in [0.05, 0.1) is 6.04 Å². The third kappa shape index (κ3) is 2.91. The van der Waals surface area contributed by atoms with E-state index < -0.39 is 0 Å². The van der Waals surface area contributed by atoms with Crippen molar-refractivity contribution in [1.82, 2.24) is 5.32 Å². The van der Waals surface area contributed by atoms with E-state index in [1.807, 2.05) is 11.4 Å². The molecule has 1 aliphatic rings. The molecule has 1 fully saturated rings. The molecular weight excluding hydrogens is 268 g/mol. The Balaban J connectivity index is 2.05. The van der Waals surface area contributed by atoms with Gasteiger partial charge in [-0.2, -0.15) is 0 Å². The summed E-state index contributed by atoms with van der Waals surface area (Å²) >= 11 is 1.69. The van der Waals surface area contributed by atoms with Crippen LogP contribution in [-0.2, 0) is 4.79 Å². The molecule has 0 spiro atoms. The fourth-order valence-corrected chi connectivity index (χ4v) is 3.98. The predicted octanol–water partition coefficient (Wildman–Crippen LogP) is 3.32. The second-order valence-corrected chi connectivity index (χ2v) is 7.63. The van der Waals surface area contributed by atoms with E-state index in [-0.39, 0.29) is 29.3 Å². The molecule has 1 aromatic rings. The molecule has 3 unspecified atom stereocenters. The van der Waals surface area contributed by atoms with Gasteiger partial charge in [0.15, 0.2) is 0 Å². The molecule has 1 amide bonds. The Morgan fingerprint density at radius 2 is 2.20 bits per heavy atom. The molecule has 1 heterocycles. The fraction of sp³-hybridized carbons (Fsp3) is 0.688. The number of rotatable bonds is 3. The molecule has 1 saturated carbocycles. The smallest absolute Gasteiger partial charge is 0.224 e. The van der Waals surface area contributed by atoms with E-state index in [4.69, 9.17) is 5.73 Å². The lowest BCUT2D eigenvalue weighted by molar-refractivity contribution is -0.133. The Kier molecular flexibility index (Phi) is 4.55. The normalized spacial score (nSPS) is 30.8. The van der Waals surface area contributed by atoms with Crippen LogP contribution in [0.2, 0.25) is 0 Å². The number of carbonyl (C=O) groups is 1. The van der Waals surface area contributed by atoms with Crippen molar-refractivity contribution in [2.45, 2.75) is 52.6 Å². The highest BCUT2D eigenvalue weighted by molar-refractivity contribution is 7.10. The molecule has 112 valence electrons. The highest BCUT2D eigenvalue weighted by atomic mass is 32.1. The van der Waals surface area contributed by atoms with Crippen LogP contribution in [0.1, 0.15) is 51.5 Å². The van der Waals surface area contributed by atoms with Crippen molar-refractivity contribution < 1.29 is 4.79 Å². The van der Waals surface area contributed by atoms with Crippen LogP contribution < -0.4 is 11.1 Å². The number of nitrogens with one attached hydrogen (secondary N) is 1. The van der Waals surface area contributed by atoms with Gasteiger partial charge >= 0.3 is 0 Å². The van der Waals surface area contributed by atoms with Crippen LogP contribution in [0.15, 0.2) is 17.5 Å². The maximum atomic E-state index is 12.6. The van der Waals surface area contributed by atoms with Crippen molar-refractivity contribution in [2.24, 2.45) is 23.0 Å². The van der Waals surface area contributed by atoms with Gasteiger partial charge in [-0.15, -0.1) is 11.3 Å². The summed E-state index contributed by atoms with van der Waals surface area (Å²) in [5.74, 6) is 0.596. The van der Waals surface area contributed by atoms with E-state index in [1.165, 1.54) is 4.88 Å². The summed E-state index contributed by atoms with van der Waals surface area (Å²) in [6.07, 6.45) is 1.83. The molecule has 0 bridgehead atoms. The third-order valence-electron chi connectivity index (χ3n) is 5.15. The molecule has 0 aromatic carbocycles. The first-order valence-corrected chi connectivity index (χ1v) is 8.31. The zero-order valence-electron chi connectivity index (χ0n) is 12.8. The monoisotopic (exact) mass is 294 g/mol. The van der Waals surface area contributed by atoms with Crippen molar-refractivity contribution in [3.8, 4) is 0 Å². The zero-order chi connectivity index (χ0) is 14.9. The topological polar surface area (TPSA) is 55.1 Å². The van der Waals surface area contributed by atoms with Crippen LogP contribution in [0.25, 0.3) is 0 Å². The number of amides is 1. The SMILES string of the molecule is CC1C(N)CCC(C(=O)N[C@@H](C)c2cccs2)C1(C)C. The fourth-order valence-electron chi connectivity index (χ4n) is 3.24. The Morgan fingerprint density at radius 1 is 1.50 bits per heavy atom. The second kappa shape index (κ2) is 5.86. The van der Waals surface area contributed by atoms with Crippen LogP contribution in [0.4, 0.5) is 0 Å². The van der Waals surface area contributed by atoms with E-state index >= 15 is 0 Å². The highest BCUT2D eigenvalue weighted by Crippen LogP contribution is 2.44. The minimum Gasteiger partial charge on any atom is -0.349 e. The average Bonchev–Trinajstić information content (AvgIpc) is 2.89. The first-order valence-electron chi connectivity index (χ1n) is 7.43. The zero-order valence-corrected chi connectivity index (χ0v) is 13.7. The lowest BCUT2D eigenvalue weighted by atomic mass is 9.61. The van der Waals surface area contributed by atoms with Gasteiger partial charge in [0, 0.05) is 16.8 Å². The van der Waals surface area contributed by atoms with Gasteiger partial charge in [0.1, 0.15) is 0 Å². The number of carbonyl (C=O) groups excluding carboxylic acids is 1. The number of nitrogens with two attached hydrogens (primary N) is 1. The molecule has 0 aliphatic heterocycles. The van der Waals surface area contributed by atoms with Crippen LogP contribution in [-0.4, -0.2) is 11.9 Å². The standard InChI is InChI=1S/C16H26N2OS/c1-10-13(17)8-7-12(16(10,3)4)15(19)18-11(2)14-6-5-9-20-14/h5-6,9-13H,7-8,17H2,1-4H3,(H,18,19)/t10?,11-,12?,13?/m0/s1. The van der Waals surface area contributed by atoms with Crippen LogP contribution in [0, 0.1) is 17.3 Å². The van der Waals surface area contributed by atoms with Gasteiger partial charge in [-0.25, -0.2) is 0 Å².